The van der Waals surface area contributed by atoms with Gasteiger partial charge in [-0.2, -0.15) is 11.8 Å². The number of carboxylic acids is 1. The van der Waals surface area contributed by atoms with E-state index in [1.54, 1.807) is 54.6 Å². The Hall–Kier alpha value is -3.06. The lowest BCUT2D eigenvalue weighted by molar-refractivity contribution is -0.308. The number of carboxylic acid groups (broad SMARTS) is 1. The molecular weight excluding hydrogens is 376 g/mol. The van der Waals surface area contributed by atoms with E-state index in [9.17, 15) is 19.5 Å². The average Bonchev–Trinajstić information content (AvgIpc) is 2.71. The monoisotopic (exact) mass is 397 g/mol. The number of carbonyl (C=O) groups excluding carboxylic acids is 3. The highest BCUT2D eigenvalue weighted by Crippen LogP contribution is 2.08. The molecule has 0 saturated carbocycles. The minimum absolute atomic E-state index is 0.0459. The molecule has 1 atom stereocenters. The number of carbonyl (C=O) groups is 3. The Labute approximate surface area is 168 Å². The normalized spacial score (nSPS) is 12.1. The van der Waals surface area contributed by atoms with Crippen LogP contribution in [0, 0.1) is 0 Å². The van der Waals surface area contributed by atoms with Gasteiger partial charge in [-0.15, -0.1) is 0 Å². The SMILES string of the molecule is CSCC[C@H](NC(=O)/C(=C/c1ccccc1)NC(=O)c1ccccc1)C(=O)[O-]. The zero-order chi connectivity index (χ0) is 20.4. The summed E-state index contributed by atoms with van der Waals surface area (Å²) in [7, 11) is 0. The van der Waals surface area contributed by atoms with Gasteiger partial charge in [-0.3, -0.25) is 9.59 Å². The molecule has 28 heavy (non-hydrogen) atoms. The summed E-state index contributed by atoms with van der Waals surface area (Å²) in [4.78, 5) is 36.5. The molecule has 0 fully saturated rings. The molecule has 0 aliphatic heterocycles. The van der Waals surface area contributed by atoms with E-state index in [0.29, 0.717) is 16.9 Å². The molecule has 2 N–H and O–H groups in total. The Morgan fingerprint density at radius 2 is 1.64 bits per heavy atom. The minimum atomic E-state index is -1.36. The second kappa shape index (κ2) is 10.9. The summed E-state index contributed by atoms with van der Waals surface area (Å²) in [5.74, 6) is -1.97. The molecule has 146 valence electrons. The van der Waals surface area contributed by atoms with Crippen molar-refractivity contribution in [3.05, 3.63) is 77.5 Å². The van der Waals surface area contributed by atoms with Gasteiger partial charge in [0.2, 0.25) is 0 Å². The first-order chi connectivity index (χ1) is 13.5. The van der Waals surface area contributed by atoms with Crippen molar-refractivity contribution < 1.29 is 19.5 Å². The summed E-state index contributed by atoms with van der Waals surface area (Å²) in [6.45, 7) is 0. The number of rotatable bonds is 9. The fourth-order valence-corrected chi connectivity index (χ4v) is 2.85. The van der Waals surface area contributed by atoms with Crippen LogP contribution >= 0.6 is 11.8 Å². The van der Waals surface area contributed by atoms with Crippen LogP contribution < -0.4 is 15.7 Å². The maximum Gasteiger partial charge on any atom is 0.268 e. The second-order valence-corrected chi connectivity index (χ2v) is 6.90. The van der Waals surface area contributed by atoms with Gasteiger partial charge in [0.1, 0.15) is 5.70 Å². The molecule has 0 saturated heterocycles. The van der Waals surface area contributed by atoms with Crippen molar-refractivity contribution in [1.29, 1.82) is 0 Å². The Bertz CT molecular complexity index is 838. The van der Waals surface area contributed by atoms with Crippen LogP contribution in [0.3, 0.4) is 0 Å². The summed E-state index contributed by atoms with van der Waals surface area (Å²) in [5, 5.41) is 16.3. The van der Waals surface area contributed by atoms with E-state index in [1.165, 1.54) is 17.8 Å². The molecule has 7 heteroatoms. The molecule has 0 radical (unpaired) electrons. The molecule has 6 nitrogen and oxygen atoms in total. The van der Waals surface area contributed by atoms with Gasteiger partial charge < -0.3 is 20.5 Å². The van der Waals surface area contributed by atoms with E-state index in [1.807, 2.05) is 12.3 Å². The van der Waals surface area contributed by atoms with Crippen molar-refractivity contribution in [2.75, 3.05) is 12.0 Å². The van der Waals surface area contributed by atoms with Gasteiger partial charge in [0.15, 0.2) is 0 Å². The van der Waals surface area contributed by atoms with Gasteiger partial charge in [-0.1, -0.05) is 48.5 Å². The van der Waals surface area contributed by atoms with E-state index < -0.39 is 23.8 Å². The van der Waals surface area contributed by atoms with Gasteiger partial charge in [-0.05, 0) is 42.2 Å². The van der Waals surface area contributed by atoms with Crippen molar-refractivity contribution in [2.24, 2.45) is 0 Å². The Morgan fingerprint density at radius 1 is 1.04 bits per heavy atom. The third kappa shape index (κ3) is 6.59. The predicted octanol–water partition coefficient (Wildman–Crippen LogP) is 1.45. The van der Waals surface area contributed by atoms with Crippen molar-refractivity contribution in [1.82, 2.24) is 10.6 Å². The Kier molecular flexibility index (Phi) is 8.30. The van der Waals surface area contributed by atoms with Crippen molar-refractivity contribution in [2.45, 2.75) is 12.5 Å². The lowest BCUT2D eigenvalue weighted by atomic mass is 10.1. The van der Waals surface area contributed by atoms with Gasteiger partial charge in [-0.25, -0.2) is 0 Å². The third-order valence-electron chi connectivity index (χ3n) is 3.84. The molecule has 0 bridgehead atoms. The molecule has 0 aromatic heterocycles. The number of hydrogen-bond acceptors (Lipinski definition) is 5. The van der Waals surface area contributed by atoms with Crippen LogP contribution in [0.5, 0.6) is 0 Å². The van der Waals surface area contributed by atoms with Gasteiger partial charge >= 0.3 is 0 Å². The van der Waals surface area contributed by atoms with Crippen molar-refractivity contribution in [3.63, 3.8) is 0 Å². The van der Waals surface area contributed by atoms with E-state index in [0.717, 1.165) is 0 Å². The molecule has 0 unspecified atom stereocenters. The predicted molar refractivity (Wildman–Crippen MR) is 108 cm³/mol. The maximum atomic E-state index is 12.7. The Morgan fingerprint density at radius 3 is 2.21 bits per heavy atom. The molecule has 0 spiro atoms. The largest absolute Gasteiger partial charge is 0.548 e. The smallest absolute Gasteiger partial charge is 0.268 e. The molecule has 2 aromatic rings. The van der Waals surface area contributed by atoms with Gasteiger partial charge in [0, 0.05) is 5.56 Å². The molecule has 2 rings (SSSR count). The van der Waals surface area contributed by atoms with E-state index in [2.05, 4.69) is 10.6 Å². The number of thioether (sulfide) groups is 1. The highest BCUT2D eigenvalue weighted by molar-refractivity contribution is 7.98. The Balaban J connectivity index is 2.24. The summed E-state index contributed by atoms with van der Waals surface area (Å²) >= 11 is 1.47. The molecule has 0 aliphatic carbocycles. The summed E-state index contributed by atoms with van der Waals surface area (Å²) in [6.07, 6.45) is 3.56. The molecule has 2 amide bonds. The minimum Gasteiger partial charge on any atom is -0.548 e. The zero-order valence-electron chi connectivity index (χ0n) is 15.4. The van der Waals surface area contributed by atoms with Crippen LogP contribution in [0.25, 0.3) is 6.08 Å². The number of hydrogen-bond donors (Lipinski definition) is 2. The van der Waals surface area contributed by atoms with E-state index in [-0.39, 0.29) is 12.1 Å². The van der Waals surface area contributed by atoms with Crippen molar-refractivity contribution in [3.8, 4) is 0 Å². The van der Waals surface area contributed by atoms with Gasteiger partial charge in [0.05, 0.1) is 12.0 Å². The van der Waals surface area contributed by atoms with Crippen molar-refractivity contribution >= 4 is 35.6 Å². The fraction of sp³-hybridized carbons (Fsp3) is 0.190. The number of aliphatic carboxylic acids is 1. The van der Waals surface area contributed by atoms with Crippen LogP contribution in [0.1, 0.15) is 22.3 Å². The molecule has 0 aliphatic rings. The standard InChI is InChI=1S/C21H22N2O4S/c1-28-13-12-17(21(26)27)22-20(25)18(14-15-8-4-2-5-9-15)23-19(24)16-10-6-3-7-11-16/h2-11,14,17H,12-13H2,1H3,(H,22,25)(H,23,24)(H,26,27)/p-1/b18-14-/t17-/m0/s1. The lowest BCUT2D eigenvalue weighted by Crippen LogP contribution is -2.50. The molecule has 0 heterocycles. The summed E-state index contributed by atoms with van der Waals surface area (Å²) in [6, 6.07) is 16.3. The third-order valence-corrected chi connectivity index (χ3v) is 4.48. The van der Waals surface area contributed by atoms with Crippen LogP contribution in [0.4, 0.5) is 0 Å². The highest BCUT2D eigenvalue weighted by atomic mass is 32.2. The van der Waals surface area contributed by atoms with Gasteiger partial charge in [0.25, 0.3) is 11.8 Å². The number of benzene rings is 2. The van der Waals surface area contributed by atoms with E-state index >= 15 is 0 Å². The summed E-state index contributed by atoms with van der Waals surface area (Å²) in [5.41, 5.74) is 1.03. The highest BCUT2D eigenvalue weighted by Gasteiger charge is 2.19. The molecular formula is C21H21N2O4S-. The first-order valence-electron chi connectivity index (χ1n) is 8.65. The lowest BCUT2D eigenvalue weighted by Gasteiger charge is -2.20. The van der Waals surface area contributed by atoms with E-state index in [4.69, 9.17) is 0 Å². The average molecular weight is 397 g/mol. The number of nitrogens with one attached hydrogen (secondary N) is 2. The fourth-order valence-electron chi connectivity index (χ4n) is 2.38. The maximum absolute atomic E-state index is 12.7. The topological polar surface area (TPSA) is 98.3 Å². The number of amides is 2. The van der Waals surface area contributed by atoms with Crippen LogP contribution in [-0.2, 0) is 9.59 Å². The van der Waals surface area contributed by atoms with Crippen LogP contribution in [0.15, 0.2) is 66.4 Å². The van der Waals surface area contributed by atoms with Crippen LogP contribution in [-0.4, -0.2) is 35.8 Å². The summed E-state index contributed by atoms with van der Waals surface area (Å²) < 4.78 is 0. The quantitative estimate of drug-likeness (QED) is 0.624. The first kappa shape index (κ1) is 21.2. The molecule has 2 aromatic carbocycles. The van der Waals surface area contributed by atoms with Crippen LogP contribution in [0.2, 0.25) is 0 Å². The zero-order valence-corrected chi connectivity index (χ0v) is 16.2. The second-order valence-electron chi connectivity index (χ2n) is 5.92. The first-order valence-corrected chi connectivity index (χ1v) is 10.0.